The number of piperidine rings is 1. The third-order valence-electron chi connectivity index (χ3n) is 6.61. The molecule has 0 saturated carbocycles. The van der Waals surface area contributed by atoms with E-state index < -0.39 is 17.8 Å². The number of carbonyl (C=O) groups excluding carboxylic acids is 3. The third-order valence-corrected chi connectivity index (χ3v) is 6.61. The second kappa shape index (κ2) is 11.6. The summed E-state index contributed by atoms with van der Waals surface area (Å²) in [5.74, 6) is -1.16. The highest BCUT2D eigenvalue weighted by Crippen LogP contribution is 2.29. The van der Waals surface area contributed by atoms with Crippen molar-refractivity contribution in [3.8, 4) is 0 Å². The van der Waals surface area contributed by atoms with Crippen LogP contribution >= 0.6 is 0 Å². The molecule has 2 atom stereocenters. The van der Waals surface area contributed by atoms with E-state index in [4.69, 9.17) is 0 Å². The second-order valence-corrected chi connectivity index (χ2v) is 9.34. The van der Waals surface area contributed by atoms with E-state index in [1.165, 1.54) is 12.1 Å². The van der Waals surface area contributed by atoms with Gasteiger partial charge >= 0.3 is 6.18 Å². The lowest BCUT2D eigenvalue weighted by Gasteiger charge is -2.36. The fourth-order valence-electron chi connectivity index (χ4n) is 4.26. The van der Waals surface area contributed by atoms with Crippen molar-refractivity contribution in [3.05, 3.63) is 70.8 Å². The minimum Gasteiger partial charge on any atom is -0.352 e. The molecule has 0 aromatic heterocycles. The summed E-state index contributed by atoms with van der Waals surface area (Å²) in [5, 5.41) is 5.84. The van der Waals surface area contributed by atoms with E-state index in [9.17, 15) is 27.6 Å². The number of alkyl halides is 3. The van der Waals surface area contributed by atoms with Crippen LogP contribution in [0.15, 0.2) is 48.5 Å². The number of amides is 3. The topological polar surface area (TPSA) is 78.5 Å². The van der Waals surface area contributed by atoms with E-state index in [2.05, 4.69) is 10.6 Å². The standard InChI is InChI=1S/C27H32F3N3O3/c1-4-18(3)31-25(35)23(32-24(34)21-7-5-6-17(2)16-21)19-12-14-33(15-13-19)26(36)20-8-10-22(11-9-20)27(28,29)30/h5-11,16,18-19,23H,4,12-15H2,1-3H3,(H,31,35)(H,32,34). The van der Waals surface area contributed by atoms with Gasteiger partial charge in [-0.05, 0) is 75.4 Å². The maximum atomic E-state index is 13.1. The predicted molar refractivity (Wildman–Crippen MR) is 130 cm³/mol. The molecule has 1 fully saturated rings. The van der Waals surface area contributed by atoms with Crippen LogP contribution in [0.5, 0.6) is 0 Å². The Morgan fingerprint density at radius 1 is 1.00 bits per heavy atom. The van der Waals surface area contributed by atoms with Gasteiger partial charge in [0.2, 0.25) is 5.91 Å². The highest BCUT2D eigenvalue weighted by molar-refractivity contribution is 5.98. The molecule has 0 radical (unpaired) electrons. The van der Waals surface area contributed by atoms with Gasteiger partial charge in [-0.3, -0.25) is 14.4 Å². The number of rotatable bonds is 7. The number of aryl methyl sites for hydroxylation is 1. The van der Waals surface area contributed by atoms with Crippen molar-refractivity contribution in [2.75, 3.05) is 13.1 Å². The van der Waals surface area contributed by atoms with Crippen molar-refractivity contribution in [1.82, 2.24) is 15.5 Å². The molecule has 2 aromatic carbocycles. The molecule has 3 rings (SSSR count). The average molecular weight is 504 g/mol. The first-order chi connectivity index (χ1) is 17.0. The molecule has 194 valence electrons. The lowest BCUT2D eigenvalue weighted by molar-refractivity contribution is -0.137. The van der Waals surface area contributed by atoms with Crippen LogP contribution < -0.4 is 10.6 Å². The monoisotopic (exact) mass is 503 g/mol. The Labute approximate surface area is 209 Å². The molecule has 0 spiro atoms. The van der Waals surface area contributed by atoms with Gasteiger partial charge < -0.3 is 15.5 Å². The van der Waals surface area contributed by atoms with Crippen LogP contribution in [0, 0.1) is 12.8 Å². The number of benzene rings is 2. The molecule has 1 aliphatic heterocycles. The third kappa shape index (κ3) is 6.86. The first-order valence-corrected chi connectivity index (χ1v) is 12.1. The molecule has 1 aliphatic rings. The van der Waals surface area contributed by atoms with E-state index >= 15 is 0 Å². The van der Waals surface area contributed by atoms with Gasteiger partial charge in [0.1, 0.15) is 6.04 Å². The Kier molecular flexibility index (Phi) is 8.76. The number of halogens is 3. The highest BCUT2D eigenvalue weighted by atomic mass is 19.4. The van der Waals surface area contributed by atoms with Gasteiger partial charge in [-0.15, -0.1) is 0 Å². The summed E-state index contributed by atoms with van der Waals surface area (Å²) in [6.07, 6.45) is -2.78. The minimum atomic E-state index is -4.46. The SMILES string of the molecule is CCC(C)NC(=O)C(NC(=O)c1cccc(C)c1)C1CCN(C(=O)c2ccc(C(F)(F)F)cc2)CC1. The lowest BCUT2D eigenvalue weighted by Crippen LogP contribution is -2.55. The molecule has 2 N–H and O–H groups in total. The van der Waals surface area contributed by atoms with Crippen molar-refractivity contribution in [1.29, 1.82) is 0 Å². The number of hydrogen-bond acceptors (Lipinski definition) is 3. The summed E-state index contributed by atoms with van der Waals surface area (Å²) in [6, 6.07) is 10.4. The predicted octanol–water partition coefficient (Wildman–Crippen LogP) is 4.58. The number of nitrogens with zero attached hydrogens (tertiary/aromatic N) is 1. The van der Waals surface area contributed by atoms with Crippen LogP contribution in [0.25, 0.3) is 0 Å². The normalized spacial score (nSPS) is 16.2. The fraction of sp³-hybridized carbons (Fsp3) is 0.444. The van der Waals surface area contributed by atoms with Crippen LogP contribution in [0.3, 0.4) is 0 Å². The average Bonchev–Trinajstić information content (AvgIpc) is 2.86. The van der Waals surface area contributed by atoms with E-state index in [1.54, 1.807) is 23.1 Å². The molecule has 9 heteroatoms. The number of hydrogen-bond donors (Lipinski definition) is 2. The van der Waals surface area contributed by atoms with E-state index in [1.807, 2.05) is 26.8 Å². The summed E-state index contributed by atoms with van der Waals surface area (Å²) in [5.41, 5.74) is 0.766. The molecule has 3 amide bonds. The van der Waals surface area contributed by atoms with Crippen molar-refractivity contribution in [2.24, 2.45) is 5.92 Å². The van der Waals surface area contributed by atoms with Crippen LogP contribution in [-0.4, -0.2) is 47.8 Å². The van der Waals surface area contributed by atoms with Gasteiger partial charge in [0.05, 0.1) is 5.56 Å². The Bertz CT molecular complexity index is 1080. The summed E-state index contributed by atoms with van der Waals surface area (Å²) in [4.78, 5) is 40.4. The quantitative estimate of drug-likeness (QED) is 0.581. The fourth-order valence-corrected chi connectivity index (χ4v) is 4.26. The van der Waals surface area contributed by atoms with Crippen LogP contribution in [-0.2, 0) is 11.0 Å². The summed E-state index contributed by atoms with van der Waals surface area (Å²) < 4.78 is 38.5. The van der Waals surface area contributed by atoms with Crippen molar-refractivity contribution in [2.45, 2.75) is 58.3 Å². The summed E-state index contributed by atoms with van der Waals surface area (Å²) >= 11 is 0. The summed E-state index contributed by atoms with van der Waals surface area (Å²) in [6.45, 7) is 6.39. The smallest absolute Gasteiger partial charge is 0.352 e. The molecular formula is C27H32F3N3O3. The lowest BCUT2D eigenvalue weighted by atomic mass is 9.88. The van der Waals surface area contributed by atoms with Gasteiger partial charge in [0, 0.05) is 30.3 Å². The van der Waals surface area contributed by atoms with Gasteiger partial charge in [0.25, 0.3) is 11.8 Å². The Morgan fingerprint density at radius 2 is 1.64 bits per heavy atom. The van der Waals surface area contributed by atoms with E-state index in [0.29, 0.717) is 31.5 Å². The molecule has 6 nitrogen and oxygen atoms in total. The molecule has 2 aromatic rings. The largest absolute Gasteiger partial charge is 0.416 e. The van der Waals surface area contributed by atoms with Crippen molar-refractivity contribution >= 4 is 17.7 Å². The Hall–Kier alpha value is -3.36. The number of nitrogens with one attached hydrogen (secondary N) is 2. The Morgan fingerprint density at radius 3 is 2.19 bits per heavy atom. The van der Waals surface area contributed by atoms with Gasteiger partial charge in [-0.25, -0.2) is 0 Å². The molecule has 0 bridgehead atoms. The minimum absolute atomic E-state index is 0.0581. The van der Waals surface area contributed by atoms with Crippen LogP contribution in [0.4, 0.5) is 13.2 Å². The van der Waals surface area contributed by atoms with E-state index in [-0.39, 0.29) is 35.2 Å². The first-order valence-electron chi connectivity index (χ1n) is 12.1. The van der Waals surface area contributed by atoms with Crippen molar-refractivity contribution in [3.63, 3.8) is 0 Å². The zero-order chi connectivity index (χ0) is 26.5. The zero-order valence-corrected chi connectivity index (χ0v) is 20.7. The van der Waals surface area contributed by atoms with Crippen LogP contribution in [0.1, 0.15) is 65.0 Å². The molecule has 1 heterocycles. The molecular weight excluding hydrogens is 471 g/mol. The molecule has 1 saturated heterocycles. The summed E-state index contributed by atoms with van der Waals surface area (Å²) in [7, 11) is 0. The van der Waals surface area contributed by atoms with E-state index in [0.717, 1.165) is 24.1 Å². The maximum Gasteiger partial charge on any atom is 0.416 e. The second-order valence-electron chi connectivity index (χ2n) is 9.34. The first kappa shape index (κ1) is 27.2. The van der Waals surface area contributed by atoms with Gasteiger partial charge in [-0.1, -0.05) is 24.6 Å². The molecule has 36 heavy (non-hydrogen) atoms. The van der Waals surface area contributed by atoms with Gasteiger partial charge in [0.15, 0.2) is 0 Å². The Balaban J connectivity index is 1.69. The maximum absolute atomic E-state index is 13.1. The number of likely N-dealkylation sites (tertiary alicyclic amines) is 1. The van der Waals surface area contributed by atoms with Crippen molar-refractivity contribution < 1.29 is 27.6 Å². The number of carbonyl (C=O) groups is 3. The highest BCUT2D eigenvalue weighted by Gasteiger charge is 2.35. The molecule has 2 unspecified atom stereocenters. The van der Waals surface area contributed by atoms with Crippen LogP contribution in [0.2, 0.25) is 0 Å². The molecule has 0 aliphatic carbocycles. The van der Waals surface area contributed by atoms with Gasteiger partial charge in [-0.2, -0.15) is 13.2 Å². The zero-order valence-electron chi connectivity index (χ0n) is 20.7.